The first kappa shape index (κ1) is 6.71. The van der Waals surface area contributed by atoms with Gasteiger partial charge in [-0.25, -0.2) is 0 Å². The zero-order valence-corrected chi connectivity index (χ0v) is 5.64. The largest absolute Gasteiger partial charge is 0.300 e. The number of ketones is 1. The third kappa shape index (κ3) is 2.11. The van der Waals surface area contributed by atoms with Crippen molar-refractivity contribution in [3.63, 3.8) is 0 Å². The highest BCUT2D eigenvalue weighted by atomic mass is 17.4. The first-order valence-corrected chi connectivity index (χ1v) is 2.99. The zero-order valence-electron chi connectivity index (χ0n) is 5.64. The van der Waals surface area contributed by atoms with Gasteiger partial charge in [0.05, 0.1) is 0 Å². The van der Waals surface area contributed by atoms with Crippen LogP contribution in [-0.4, -0.2) is 11.6 Å². The molecular weight excluding hydrogens is 120 g/mol. The Hall–Kier alpha value is -0.410. The lowest BCUT2D eigenvalue weighted by molar-refractivity contribution is -0.117. The lowest BCUT2D eigenvalue weighted by Crippen LogP contribution is -2.05. The summed E-state index contributed by atoms with van der Waals surface area (Å²) in [5, 5.41) is 0. The molecule has 0 spiro atoms. The number of hydrogen-bond acceptors (Lipinski definition) is 3. The Kier molecular flexibility index (Phi) is 1.55. The second-order valence-corrected chi connectivity index (χ2v) is 2.50. The Morgan fingerprint density at radius 1 is 1.56 bits per heavy atom. The summed E-state index contributed by atoms with van der Waals surface area (Å²) in [4.78, 5) is 19.6. The van der Waals surface area contributed by atoms with Crippen LogP contribution >= 0.6 is 0 Å². The second kappa shape index (κ2) is 2.08. The predicted molar refractivity (Wildman–Crippen MR) is 30.5 cm³/mol. The normalized spacial score (nSPS) is 21.6. The molecule has 0 aromatic carbocycles. The fraction of sp³-hybridized carbons (Fsp3) is 0.833. The molecule has 3 heteroatoms. The van der Waals surface area contributed by atoms with Crippen molar-refractivity contribution in [2.75, 3.05) is 0 Å². The number of carbonyl (C=O) groups is 1. The Bertz CT molecular complexity index is 126. The zero-order chi connectivity index (χ0) is 6.91. The van der Waals surface area contributed by atoms with Crippen molar-refractivity contribution in [1.82, 2.24) is 0 Å². The maximum Gasteiger partial charge on any atom is 0.231 e. The van der Waals surface area contributed by atoms with E-state index in [2.05, 4.69) is 9.78 Å². The molecule has 1 aliphatic rings. The summed E-state index contributed by atoms with van der Waals surface area (Å²) in [7, 11) is 0. The summed E-state index contributed by atoms with van der Waals surface area (Å²) in [6.45, 7) is 3.38. The number of carbonyl (C=O) groups excluding carboxylic acids is 1. The molecule has 0 radical (unpaired) electrons. The molecule has 0 aliphatic carbocycles. The van der Waals surface area contributed by atoms with E-state index in [0.29, 0.717) is 12.8 Å². The van der Waals surface area contributed by atoms with E-state index in [0.717, 1.165) is 0 Å². The van der Waals surface area contributed by atoms with Crippen LogP contribution in [0, 0.1) is 0 Å². The van der Waals surface area contributed by atoms with Gasteiger partial charge in [0.15, 0.2) is 0 Å². The van der Waals surface area contributed by atoms with Crippen LogP contribution in [-0.2, 0) is 14.6 Å². The second-order valence-electron chi connectivity index (χ2n) is 2.50. The monoisotopic (exact) mass is 130 g/mol. The first-order chi connectivity index (χ1) is 4.12. The fourth-order valence-corrected chi connectivity index (χ4v) is 0.558. The van der Waals surface area contributed by atoms with E-state index in [9.17, 15) is 4.79 Å². The topological polar surface area (TPSA) is 42.1 Å². The van der Waals surface area contributed by atoms with E-state index in [1.807, 2.05) is 6.92 Å². The van der Waals surface area contributed by atoms with Crippen LogP contribution < -0.4 is 0 Å². The predicted octanol–water partition coefficient (Wildman–Crippen LogP) is 1.03. The van der Waals surface area contributed by atoms with E-state index in [1.54, 1.807) is 6.92 Å². The van der Waals surface area contributed by atoms with Crippen molar-refractivity contribution in [2.24, 2.45) is 0 Å². The fourth-order valence-electron chi connectivity index (χ4n) is 0.558. The van der Waals surface area contributed by atoms with Crippen molar-refractivity contribution in [1.29, 1.82) is 0 Å². The van der Waals surface area contributed by atoms with E-state index >= 15 is 0 Å². The summed E-state index contributed by atoms with van der Waals surface area (Å²) >= 11 is 0. The minimum Gasteiger partial charge on any atom is -0.300 e. The van der Waals surface area contributed by atoms with E-state index in [4.69, 9.17) is 0 Å². The van der Waals surface area contributed by atoms with E-state index in [-0.39, 0.29) is 5.78 Å². The van der Waals surface area contributed by atoms with Crippen LogP contribution in [0.25, 0.3) is 0 Å². The molecule has 3 nitrogen and oxygen atoms in total. The van der Waals surface area contributed by atoms with Gasteiger partial charge in [-0.3, -0.25) is 0 Å². The Labute approximate surface area is 53.9 Å². The van der Waals surface area contributed by atoms with Gasteiger partial charge in [0.25, 0.3) is 0 Å². The Morgan fingerprint density at radius 3 is 2.44 bits per heavy atom. The summed E-state index contributed by atoms with van der Waals surface area (Å²) in [5.41, 5.74) is 0. The standard InChI is InChI=1S/C6H10O3/c1-5(7)3-4-6(2)8-9-6/h3-4H2,1-2H3. The molecule has 1 saturated heterocycles. The molecule has 0 N–H and O–H groups in total. The van der Waals surface area contributed by atoms with Gasteiger partial charge >= 0.3 is 0 Å². The van der Waals surface area contributed by atoms with Crippen molar-refractivity contribution >= 4 is 5.78 Å². The van der Waals surface area contributed by atoms with Gasteiger partial charge < -0.3 is 4.79 Å². The minimum absolute atomic E-state index is 0.176. The van der Waals surface area contributed by atoms with Gasteiger partial charge in [0.1, 0.15) is 5.78 Å². The van der Waals surface area contributed by atoms with Gasteiger partial charge in [-0.15, -0.1) is 0 Å². The van der Waals surface area contributed by atoms with Crippen LogP contribution in [0.5, 0.6) is 0 Å². The summed E-state index contributed by atoms with van der Waals surface area (Å²) < 4.78 is 0. The van der Waals surface area contributed by atoms with Crippen molar-refractivity contribution in [3.05, 3.63) is 0 Å². The van der Waals surface area contributed by atoms with E-state index < -0.39 is 5.79 Å². The first-order valence-electron chi connectivity index (χ1n) is 2.99. The summed E-state index contributed by atoms with van der Waals surface area (Å²) in [5.74, 6) is -0.263. The molecule has 0 saturated carbocycles. The molecule has 0 aromatic heterocycles. The van der Waals surface area contributed by atoms with Crippen molar-refractivity contribution in [2.45, 2.75) is 32.5 Å². The number of rotatable bonds is 3. The minimum atomic E-state index is -0.439. The molecule has 1 fully saturated rings. The maximum absolute atomic E-state index is 10.4. The smallest absolute Gasteiger partial charge is 0.231 e. The summed E-state index contributed by atoms with van der Waals surface area (Å²) in [6.07, 6.45) is 1.21. The van der Waals surface area contributed by atoms with Crippen molar-refractivity contribution in [3.8, 4) is 0 Å². The molecule has 0 unspecified atom stereocenters. The highest BCUT2D eigenvalue weighted by molar-refractivity contribution is 5.75. The van der Waals surface area contributed by atoms with Crippen LogP contribution in [0.3, 0.4) is 0 Å². The molecule has 1 heterocycles. The molecule has 9 heavy (non-hydrogen) atoms. The van der Waals surface area contributed by atoms with Crippen LogP contribution in [0.2, 0.25) is 0 Å². The molecular formula is C6H10O3. The van der Waals surface area contributed by atoms with Gasteiger partial charge in [-0.05, 0) is 13.8 Å². The van der Waals surface area contributed by atoms with Crippen LogP contribution in [0.4, 0.5) is 0 Å². The van der Waals surface area contributed by atoms with Gasteiger partial charge in [-0.1, -0.05) is 0 Å². The molecule has 0 amide bonds. The molecule has 1 aliphatic heterocycles. The highest BCUT2D eigenvalue weighted by Crippen LogP contribution is 2.33. The molecule has 52 valence electrons. The average Bonchev–Trinajstić information content (AvgIpc) is 2.45. The molecule has 0 atom stereocenters. The van der Waals surface area contributed by atoms with Crippen LogP contribution in [0.1, 0.15) is 26.7 Å². The van der Waals surface area contributed by atoms with Gasteiger partial charge in [0.2, 0.25) is 5.79 Å². The third-order valence-electron chi connectivity index (χ3n) is 1.30. The van der Waals surface area contributed by atoms with E-state index in [1.165, 1.54) is 0 Å². The molecule has 0 aromatic rings. The number of hydrogen-bond donors (Lipinski definition) is 0. The highest BCUT2D eigenvalue weighted by Gasteiger charge is 2.42. The molecule has 0 bridgehead atoms. The van der Waals surface area contributed by atoms with Crippen LogP contribution in [0.15, 0.2) is 0 Å². The number of Topliss-reactive ketones (excluding diaryl/α,β-unsaturated/α-hetero) is 1. The lowest BCUT2D eigenvalue weighted by Gasteiger charge is -1.94. The van der Waals surface area contributed by atoms with Gasteiger partial charge in [-0.2, -0.15) is 9.78 Å². The summed E-state index contributed by atoms with van der Waals surface area (Å²) in [6, 6.07) is 0. The quantitative estimate of drug-likeness (QED) is 0.423. The maximum atomic E-state index is 10.4. The van der Waals surface area contributed by atoms with Gasteiger partial charge in [0, 0.05) is 12.8 Å². The SMILES string of the molecule is CC(=O)CCC1(C)OO1. The molecule has 1 rings (SSSR count). The Morgan fingerprint density at radius 2 is 2.11 bits per heavy atom. The third-order valence-corrected chi connectivity index (χ3v) is 1.30. The lowest BCUT2D eigenvalue weighted by atomic mass is 10.1. The van der Waals surface area contributed by atoms with Crippen molar-refractivity contribution < 1.29 is 14.6 Å². The Balaban J connectivity index is 2.12. The average molecular weight is 130 g/mol.